The van der Waals surface area contributed by atoms with E-state index in [2.05, 4.69) is 0 Å². The summed E-state index contributed by atoms with van der Waals surface area (Å²) in [6.45, 7) is 3.61. The van der Waals surface area contributed by atoms with Gasteiger partial charge in [-0.15, -0.1) is 0 Å². The topological polar surface area (TPSA) is 29.5 Å². The lowest BCUT2D eigenvalue weighted by Crippen LogP contribution is -2.10. The van der Waals surface area contributed by atoms with Gasteiger partial charge in [-0.2, -0.15) is 0 Å². The number of benzene rings is 3. The van der Waals surface area contributed by atoms with Crippen LogP contribution in [0.4, 0.5) is 8.78 Å². The van der Waals surface area contributed by atoms with Gasteiger partial charge in [0.1, 0.15) is 28.9 Å². The first-order chi connectivity index (χ1) is 14.0. The van der Waals surface area contributed by atoms with Crippen molar-refractivity contribution >= 4 is 0 Å². The standard InChI is InChI=1S/C25H24F2O2/c1-17(2)24(21-13-6-7-14-23(21)28)25(27)22(26)16-18-9-8-12-20(15-18)29-19-10-4-3-5-11-19/h3-15,17,24,28H,16H2,1-2H3. The monoisotopic (exact) mass is 394 g/mol. The van der Waals surface area contributed by atoms with Crippen LogP contribution in [0.15, 0.2) is 90.5 Å². The van der Waals surface area contributed by atoms with E-state index in [9.17, 15) is 9.50 Å². The lowest BCUT2D eigenvalue weighted by atomic mass is 9.86. The summed E-state index contributed by atoms with van der Waals surface area (Å²) in [5, 5.41) is 10.1. The molecule has 1 unspecified atom stereocenters. The molecule has 0 amide bonds. The molecule has 0 bridgehead atoms. The van der Waals surface area contributed by atoms with Gasteiger partial charge in [0.25, 0.3) is 0 Å². The quantitative estimate of drug-likeness (QED) is 0.455. The van der Waals surface area contributed by atoms with Gasteiger partial charge >= 0.3 is 0 Å². The van der Waals surface area contributed by atoms with Gasteiger partial charge in [-0.3, -0.25) is 0 Å². The number of halogens is 2. The number of ether oxygens (including phenoxy) is 1. The molecule has 0 saturated heterocycles. The Labute approximate surface area is 170 Å². The van der Waals surface area contributed by atoms with E-state index >= 15 is 4.39 Å². The Hall–Kier alpha value is -3.14. The van der Waals surface area contributed by atoms with Crippen LogP contribution in [0.25, 0.3) is 0 Å². The van der Waals surface area contributed by atoms with Crippen molar-refractivity contribution in [2.24, 2.45) is 5.92 Å². The molecule has 0 aliphatic heterocycles. The van der Waals surface area contributed by atoms with Crippen LogP contribution in [0.3, 0.4) is 0 Å². The lowest BCUT2D eigenvalue weighted by molar-refractivity contribution is 0.397. The Morgan fingerprint density at radius 3 is 2.21 bits per heavy atom. The molecule has 0 spiro atoms. The molecule has 29 heavy (non-hydrogen) atoms. The van der Waals surface area contributed by atoms with Crippen molar-refractivity contribution in [2.75, 3.05) is 0 Å². The maximum Gasteiger partial charge on any atom is 0.139 e. The summed E-state index contributed by atoms with van der Waals surface area (Å²) in [5.41, 5.74) is 0.988. The second-order valence-electron chi connectivity index (χ2n) is 7.27. The normalized spacial score (nSPS) is 13.1. The van der Waals surface area contributed by atoms with Crippen LogP contribution in [0.5, 0.6) is 17.2 Å². The second-order valence-corrected chi connectivity index (χ2v) is 7.27. The van der Waals surface area contributed by atoms with Crippen molar-refractivity contribution in [3.63, 3.8) is 0 Å². The molecule has 0 aromatic heterocycles. The molecular weight excluding hydrogens is 370 g/mol. The molecule has 2 nitrogen and oxygen atoms in total. The van der Waals surface area contributed by atoms with Crippen LogP contribution in [0, 0.1) is 5.92 Å². The summed E-state index contributed by atoms with van der Waals surface area (Å²) in [5.74, 6) is -1.57. The van der Waals surface area contributed by atoms with Crippen LogP contribution in [-0.2, 0) is 6.42 Å². The van der Waals surface area contributed by atoms with E-state index in [4.69, 9.17) is 4.74 Å². The molecule has 3 rings (SSSR count). The molecule has 150 valence electrons. The molecular formula is C25H24F2O2. The molecule has 1 N–H and O–H groups in total. The highest BCUT2D eigenvalue weighted by atomic mass is 19.2. The Morgan fingerprint density at radius 2 is 1.52 bits per heavy atom. The first-order valence-electron chi connectivity index (χ1n) is 9.59. The van der Waals surface area contributed by atoms with E-state index in [0.717, 1.165) is 0 Å². The molecule has 0 aliphatic carbocycles. The molecule has 1 atom stereocenters. The minimum Gasteiger partial charge on any atom is -0.508 e. The number of phenols is 1. The van der Waals surface area contributed by atoms with Gasteiger partial charge in [0, 0.05) is 17.9 Å². The van der Waals surface area contributed by atoms with Gasteiger partial charge in [-0.25, -0.2) is 8.78 Å². The molecule has 0 fully saturated rings. The van der Waals surface area contributed by atoms with Gasteiger partial charge in [0.15, 0.2) is 0 Å². The smallest absolute Gasteiger partial charge is 0.139 e. The van der Waals surface area contributed by atoms with Crippen LogP contribution < -0.4 is 4.74 Å². The van der Waals surface area contributed by atoms with Gasteiger partial charge < -0.3 is 9.84 Å². The highest BCUT2D eigenvalue weighted by Crippen LogP contribution is 2.39. The van der Waals surface area contributed by atoms with Crippen molar-refractivity contribution < 1.29 is 18.6 Å². The lowest BCUT2D eigenvalue weighted by Gasteiger charge is -2.21. The fourth-order valence-corrected chi connectivity index (χ4v) is 3.31. The Bertz CT molecular complexity index is 981. The van der Waals surface area contributed by atoms with Gasteiger partial charge in [0.05, 0.1) is 0 Å². The maximum atomic E-state index is 15.1. The fraction of sp³-hybridized carbons (Fsp3) is 0.200. The summed E-state index contributed by atoms with van der Waals surface area (Å²) in [6, 6.07) is 22.7. The SMILES string of the molecule is CC(C)C(C(F)=C(F)Cc1cccc(Oc2ccccc2)c1)c1ccccc1O. The van der Waals surface area contributed by atoms with Crippen LogP contribution in [0.2, 0.25) is 0 Å². The zero-order chi connectivity index (χ0) is 20.8. The van der Waals surface area contributed by atoms with E-state index in [1.54, 1.807) is 56.3 Å². The van der Waals surface area contributed by atoms with Crippen LogP contribution in [0.1, 0.15) is 30.9 Å². The van der Waals surface area contributed by atoms with Crippen LogP contribution >= 0.6 is 0 Å². The summed E-state index contributed by atoms with van der Waals surface area (Å²) in [4.78, 5) is 0. The third-order valence-electron chi connectivity index (χ3n) is 4.71. The number of phenolic OH excluding ortho intramolecular Hbond substituents is 1. The number of allylic oxidation sites excluding steroid dienone is 2. The van der Waals surface area contributed by atoms with E-state index in [1.807, 2.05) is 30.3 Å². The predicted octanol–water partition coefficient (Wildman–Crippen LogP) is 7.32. The molecule has 3 aromatic carbocycles. The average Bonchev–Trinajstić information content (AvgIpc) is 2.70. The molecule has 0 heterocycles. The number of hydrogen-bond acceptors (Lipinski definition) is 2. The van der Waals surface area contributed by atoms with Crippen molar-refractivity contribution in [3.05, 3.63) is 102 Å². The first-order valence-corrected chi connectivity index (χ1v) is 9.59. The number of para-hydroxylation sites is 2. The first kappa shape index (κ1) is 20.6. The number of hydrogen-bond donors (Lipinski definition) is 1. The van der Waals surface area contributed by atoms with Crippen molar-refractivity contribution in [1.29, 1.82) is 0 Å². The highest BCUT2D eigenvalue weighted by molar-refractivity contribution is 5.40. The van der Waals surface area contributed by atoms with E-state index < -0.39 is 17.6 Å². The van der Waals surface area contributed by atoms with E-state index in [1.165, 1.54) is 6.07 Å². The molecule has 4 heteroatoms. The number of aromatic hydroxyl groups is 1. The molecule has 0 saturated carbocycles. The largest absolute Gasteiger partial charge is 0.508 e. The number of rotatable bonds is 7. The van der Waals surface area contributed by atoms with Crippen molar-refractivity contribution in [2.45, 2.75) is 26.2 Å². The third kappa shape index (κ3) is 5.23. The zero-order valence-corrected chi connectivity index (χ0v) is 16.5. The summed E-state index contributed by atoms with van der Waals surface area (Å²) in [6.07, 6.45) is -0.186. The molecule has 0 aliphatic rings. The summed E-state index contributed by atoms with van der Waals surface area (Å²) in [7, 11) is 0. The minimum absolute atomic E-state index is 0.0348. The predicted molar refractivity (Wildman–Crippen MR) is 112 cm³/mol. The van der Waals surface area contributed by atoms with Gasteiger partial charge in [-0.1, -0.05) is 62.4 Å². The van der Waals surface area contributed by atoms with Gasteiger partial charge in [0.2, 0.25) is 0 Å². The summed E-state index contributed by atoms with van der Waals surface area (Å²) >= 11 is 0. The minimum atomic E-state index is -0.851. The van der Waals surface area contributed by atoms with Gasteiger partial charge in [-0.05, 0) is 41.8 Å². The maximum absolute atomic E-state index is 15.1. The van der Waals surface area contributed by atoms with Crippen LogP contribution in [-0.4, -0.2) is 5.11 Å². The third-order valence-corrected chi connectivity index (χ3v) is 4.71. The van der Waals surface area contributed by atoms with Crippen molar-refractivity contribution in [1.82, 2.24) is 0 Å². The molecule has 0 radical (unpaired) electrons. The second kappa shape index (κ2) is 9.37. The Kier molecular flexibility index (Phi) is 6.65. The fourth-order valence-electron chi connectivity index (χ4n) is 3.31. The zero-order valence-electron chi connectivity index (χ0n) is 16.5. The average molecular weight is 394 g/mol. The Morgan fingerprint density at radius 1 is 0.862 bits per heavy atom. The summed E-state index contributed by atoms with van der Waals surface area (Å²) < 4.78 is 35.7. The van der Waals surface area contributed by atoms with E-state index in [-0.39, 0.29) is 18.1 Å². The highest BCUT2D eigenvalue weighted by Gasteiger charge is 2.26. The Balaban J connectivity index is 1.83. The van der Waals surface area contributed by atoms with E-state index in [0.29, 0.717) is 22.6 Å². The van der Waals surface area contributed by atoms with Crippen molar-refractivity contribution in [3.8, 4) is 17.2 Å². The molecule has 3 aromatic rings.